The van der Waals surface area contributed by atoms with Crippen LogP contribution >= 0.6 is 11.3 Å². The largest absolute Gasteiger partial charge is 0.310 e. The van der Waals surface area contributed by atoms with Gasteiger partial charge < -0.3 is 5.32 Å². The fraction of sp³-hybridized carbons (Fsp3) is 0.364. The number of hydrogen-bond donors (Lipinski definition) is 1. The van der Waals surface area contributed by atoms with E-state index in [1.807, 2.05) is 6.20 Å². The Bertz CT molecular complexity index is 440. The predicted molar refractivity (Wildman–Crippen MR) is 65.2 cm³/mol. The van der Waals surface area contributed by atoms with E-state index in [0.29, 0.717) is 6.04 Å². The molecule has 0 amide bonds. The summed E-state index contributed by atoms with van der Waals surface area (Å²) in [5.41, 5.74) is 0.836. The Kier molecular flexibility index (Phi) is 3.58. The lowest BCUT2D eigenvalue weighted by Gasteiger charge is -2.07. The van der Waals surface area contributed by atoms with Crippen molar-refractivity contribution in [1.82, 2.24) is 20.3 Å². The lowest BCUT2D eigenvalue weighted by atomic mass is 10.3. The number of thiazole rings is 1. The third-order valence-electron chi connectivity index (χ3n) is 2.24. The van der Waals surface area contributed by atoms with E-state index in [1.54, 1.807) is 29.9 Å². The fourth-order valence-electron chi connectivity index (χ4n) is 1.42. The van der Waals surface area contributed by atoms with Crippen LogP contribution in [0.4, 0.5) is 0 Å². The van der Waals surface area contributed by atoms with Gasteiger partial charge in [-0.3, -0.25) is 9.97 Å². The Labute approximate surface area is 98.8 Å². The number of nitrogens with zero attached hydrogens (tertiary/aromatic N) is 3. The minimum absolute atomic E-state index is 0.341. The highest BCUT2D eigenvalue weighted by atomic mass is 32.1. The van der Waals surface area contributed by atoms with Crippen LogP contribution in [0.2, 0.25) is 0 Å². The molecule has 0 saturated heterocycles. The highest BCUT2D eigenvalue weighted by molar-refractivity contribution is 7.15. The van der Waals surface area contributed by atoms with E-state index < -0.39 is 0 Å². The van der Waals surface area contributed by atoms with Crippen molar-refractivity contribution in [1.29, 1.82) is 0 Å². The van der Waals surface area contributed by atoms with Crippen molar-refractivity contribution < 1.29 is 0 Å². The Balaban J connectivity index is 2.20. The van der Waals surface area contributed by atoms with E-state index in [2.05, 4.69) is 34.1 Å². The molecular weight excluding hydrogens is 220 g/mol. The number of nitrogens with one attached hydrogen (secondary N) is 1. The van der Waals surface area contributed by atoms with Gasteiger partial charge in [-0.15, -0.1) is 11.3 Å². The van der Waals surface area contributed by atoms with Crippen LogP contribution in [-0.4, -0.2) is 21.5 Å². The van der Waals surface area contributed by atoms with Gasteiger partial charge in [0.05, 0.1) is 6.20 Å². The second-order valence-corrected chi connectivity index (χ2v) is 4.50. The molecule has 84 valence electrons. The van der Waals surface area contributed by atoms with Crippen molar-refractivity contribution in [2.24, 2.45) is 0 Å². The molecule has 2 rings (SSSR count). The fourth-order valence-corrected chi connectivity index (χ4v) is 2.33. The lowest BCUT2D eigenvalue weighted by Crippen LogP contribution is -2.16. The molecule has 1 atom stereocenters. The lowest BCUT2D eigenvalue weighted by molar-refractivity contribution is 0.606. The second-order valence-electron chi connectivity index (χ2n) is 3.44. The topological polar surface area (TPSA) is 50.7 Å². The molecule has 16 heavy (non-hydrogen) atoms. The molecule has 0 fully saturated rings. The first-order valence-electron chi connectivity index (χ1n) is 5.26. The quantitative estimate of drug-likeness (QED) is 0.881. The van der Waals surface area contributed by atoms with Gasteiger partial charge >= 0.3 is 0 Å². The standard InChI is InChI=1S/C11H14N4S/c1-3-13-8(2)10-7-15-11(16-10)9-6-12-4-5-14-9/h4-8,13H,3H2,1-2H3. The van der Waals surface area contributed by atoms with Crippen molar-refractivity contribution in [3.63, 3.8) is 0 Å². The van der Waals surface area contributed by atoms with Crippen LogP contribution in [0.15, 0.2) is 24.8 Å². The van der Waals surface area contributed by atoms with Crippen LogP contribution in [0.25, 0.3) is 10.7 Å². The van der Waals surface area contributed by atoms with E-state index in [1.165, 1.54) is 4.88 Å². The minimum atomic E-state index is 0.341. The van der Waals surface area contributed by atoms with Crippen molar-refractivity contribution in [2.45, 2.75) is 19.9 Å². The maximum absolute atomic E-state index is 4.37. The van der Waals surface area contributed by atoms with Crippen LogP contribution in [0.5, 0.6) is 0 Å². The van der Waals surface area contributed by atoms with E-state index in [4.69, 9.17) is 0 Å². The van der Waals surface area contributed by atoms with Gasteiger partial charge in [-0.25, -0.2) is 4.98 Å². The Morgan fingerprint density at radius 2 is 2.19 bits per heavy atom. The molecule has 2 aromatic rings. The van der Waals surface area contributed by atoms with Gasteiger partial charge in [-0.05, 0) is 13.5 Å². The van der Waals surface area contributed by atoms with Crippen LogP contribution < -0.4 is 5.32 Å². The van der Waals surface area contributed by atoms with Gasteiger partial charge in [-0.2, -0.15) is 0 Å². The third-order valence-corrected chi connectivity index (χ3v) is 3.45. The smallest absolute Gasteiger partial charge is 0.143 e. The molecule has 0 aliphatic carbocycles. The Morgan fingerprint density at radius 1 is 1.31 bits per heavy atom. The van der Waals surface area contributed by atoms with E-state index in [9.17, 15) is 0 Å². The molecule has 0 radical (unpaired) electrons. The van der Waals surface area contributed by atoms with Crippen LogP contribution in [-0.2, 0) is 0 Å². The molecular formula is C11H14N4S. The molecule has 0 saturated carbocycles. The van der Waals surface area contributed by atoms with E-state index in [-0.39, 0.29) is 0 Å². The molecule has 5 heteroatoms. The first-order valence-corrected chi connectivity index (χ1v) is 6.08. The minimum Gasteiger partial charge on any atom is -0.310 e. The number of hydrogen-bond acceptors (Lipinski definition) is 5. The van der Waals surface area contributed by atoms with Crippen molar-refractivity contribution in [3.8, 4) is 10.7 Å². The molecule has 0 bridgehead atoms. The van der Waals surface area contributed by atoms with E-state index >= 15 is 0 Å². The SMILES string of the molecule is CCNC(C)c1cnc(-c2cnccn2)s1. The third kappa shape index (κ3) is 2.43. The zero-order valence-corrected chi connectivity index (χ0v) is 10.2. The number of aromatic nitrogens is 3. The average Bonchev–Trinajstić information content (AvgIpc) is 2.80. The summed E-state index contributed by atoms with van der Waals surface area (Å²) >= 11 is 1.66. The van der Waals surface area contributed by atoms with Crippen molar-refractivity contribution in [3.05, 3.63) is 29.7 Å². The summed E-state index contributed by atoms with van der Waals surface area (Å²) in [6.07, 6.45) is 6.99. The van der Waals surface area contributed by atoms with Crippen LogP contribution in [0.3, 0.4) is 0 Å². The predicted octanol–water partition coefficient (Wildman–Crippen LogP) is 2.27. The van der Waals surface area contributed by atoms with Crippen LogP contribution in [0, 0.1) is 0 Å². The summed E-state index contributed by atoms with van der Waals surface area (Å²) in [7, 11) is 0. The summed E-state index contributed by atoms with van der Waals surface area (Å²) in [5.74, 6) is 0. The molecule has 0 aromatic carbocycles. The van der Waals surface area contributed by atoms with Gasteiger partial charge in [0.1, 0.15) is 10.7 Å². The highest BCUT2D eigenvalue weighted by Crippen LogP contribution is 2.26. The maximum atomic E-state index is 4.37. The normalized spacial score (nSPS) is 12.6. The summed E-state index contributed by atoms with van der Waals surface area (Å²) < 4.78 is 0. The molecule has 0 spiro atoms. The molecule has 2 heterocycles. The van der Waals surface area contributed by atoms with Crippen molar-refractivity contribution >= 4 is 11.3 Å². The molecule has 4 nitrogen and oxygen atoms in total. The second kappa shape index (κ2) is 5.14. The molecule has 1 N–H and O–H groups in total. The first kappa shape index (κ1) is 11.2. The summed E-state index contributed by atoms with van der Waals surface area (Å²) in [4.78, 5) is 13.9. The van der Waals surface area contributed by atoms with Gasteiger partial charge in [0, 0.05) is 29.5 Å². The maximum Gasteiger partial charge on any atom is 0.143 e. The number of rotatable bonds is 4. The zero-order chi connectivity index (χ0) is 11.4. The average molecular weight is 234 g/mol. The Morgan fingerprint density at radius 3 is 2.88 bits per heavy atom. The monoisotopic (exact) mass is 234 g/mol. The van der Waals surface area contributed by atoms with Crippen LogP contribution in [0.1, 0.15) is 24.8 Å². The summed E-state index contributed by atoms with van der Waals surface area (Å²) in [5, 5.41) is 4.28. The van der Waals surface area contributed by atoms with Gasteiger partial charge in [-0.1, -0.05) is 6.92 Å². The zero-order valence-electron chi connectivity index (χ0n) is 9.34. The Hall–Kier alpha value is -1.33. The molecule has 0 aliphatic rings. The van der Waals surface area contributed by atoms with Gasteiger partial charge in [0.15, 0.2) is 0 Å². The van der Waals surface area contributed by atoms with Crippen molar-refractivity contribution in [2.75, 3.05) is 6.54 Å². The summed E-state index contributed by atoms with van der Waals surface area (Å²) in [6.45, 7) is 5.19. The summed E-state index contributed by atoms with van der Waals surface area (Å²) in [6, 6.07) is 0.341. The van der Waals surface area contributed by atoms with Gasteiger partial charge in [0.25, 0.3) is 0 Å². The molecule has 0 aliphatic heterocycles. The molecule has 2 aromatic heterocycles. The molecule has 1 unspecified atom stereocenters. The first-order chi connectivity index (χ1) is 7.81. The van der Waals surface area contributed by atoms with E-state index in [0.717, 1.165) is 17.2 Å². The van der Waals surface area contributed by atoms with Gasteiger partial charge in [0.2, 0.25) is 0 Å². The highest BCUT2D eigenvalue weighted by Gasteiger charge is 2.10.